The van der Waals surface area contributed by atoms with Crippen LogP contribution in [0, 0.1) is 20.8 Å². The van der Waals surface area contributed by atoms with Gasteiger partial charge in [-0.1, -0.05) is 59.0 Å². The van der Waals surface area contributed by atoms with Gasteiger partial charge in [-0.15, -0.1) is 10.2 Å². The number of para-hydroxylation sites is 1. The Hall–Kier alpha value is -2.90. The minimum absolute atomic E-state index is 0.0965. The highest BCUT2D eigenvalue weighted by Gasteiger charge is 2.18. The molecule has 0 aliphatic heterocycles. The summed E-state index contributed by atoms with van der Waals surface area (Å²) in [7, 11) is 0. The molecule has 1 N–H and O–H groups in total. The van der Waals surface area contributed by atoms with E-state index in [1.54, 1.807) is 0 Å². The molecule has 0 amide bonds. The number of hydrogen-bond acceptors (Lipinski definition) is 6. The van der Waals surface area contributed by atoms with Gasteiger partial charge in [0, 0.05) is 28.3 Å². The second-order valence-corrected chi connectivity index (χ2v) is 9.23. The van der Waals surface area contributed by atoms with Crippen molar-refractivity contribution < 1.29 is 4.79 Å². The first-order valence-corrected chi connectivity index (χ1v) is 11.4. The number of carbonyl (C=O) groups excluding carboxylic acids is 1. The number of nitrogens with one attached hydrogen (secondary N) is 1. The molecule has 0 aliphatic carbocycles. The zero-order chi connectivity index (χ0) is 21.1. The minimum Gasteiger partial charge on any atom is -0.330 e. The molecule has 4 aromatic rings. The van der Waals surface area contributed by atoms with Crippen molar-refractivity contribution in [1.82, 2.24) is 14.8 Å². The van der Waals surface area contributed by atoms with Gasteiger partial charge in [-0.05, 0) is 51.1 Å². The number of nitrogens with zero attached hydrogens (tertiary/aromatic N) is 3. The monoisotopic (exact) mass is 434 g/mol. The molecule has 152 valence electrons. The number of anilines is 2. The molecule has 0 saturated heterocycles. The maximum atomic E-state index is 12.9. The van der Waals surface area contributed by atoms with Gasteiger partial charge in [0.1, 0.15) is 0 Å². The summed E-state index contributed by atoms with van der Waals surface area (Å²) in [6, 6.07) is 20.2. The Labute approximate surface area is 184 Å². The van der Waals surface area contributed by atoms with E-state index in [1.807, 2.05) is 50.2 Å². The van der Waals surface area contributed by atoms with Gasteiger partial charge >= 0.3 is 0 Å². The molecule has 0 radical (unpaired) electrons. The third-order valence-electron chi connectivity index (χ3n) is 4.78. The van der Waals surface area contributed by atoms with Crippen LogP contribution >= 0.6 is 23.1 Å². The summed E-state index contributed by atoms with van der Waals surface area (Å²) in [5.74, 6) is 0.428. The van der Waals surface area contributed by atoms with E-state index < -0.39 is 0 Å². The molecule has 2 heterocycles. The zero-order valence-corrected chi connectivity index (χ0v) is 18.7. The molecule has 0 fully saturated rings. The van der Waals surface area contributed by atoms with Crippen LogP contribution in [-0.2, 0) is 0 Å². The SMILES string of the molecule is Cc1ccc(-n2c(C)cc(C(=O)CSc3nnc(Nc4ccccc4)s3)c2C)cc1. The average Bonchev–Trinajstić information content (AvgIpc) is 3.31. The molecule has 2 aromatic heterocycles. The molecular formula is C23H22N4OS2. The van der Waals surface area contributed by atoms with E-state index in [1.165, 1.54) is 28.7 Å². The van der Waals surface area contributed by atoms with Crippen molar-refractivity contribution in [3.63, 3.8) is 0 Å². The molecular weight excluding hydrogens is 412 g/mol. The molecule has 5 nitrogen and oxygen atoms in total. The average molecular weight is 435 g/mol. The lowest BCUT2D eigenvalue weighted by atomic mass is 10.2. The molecule has 4 rings (SSSR count). The number of thioether (sulfide) groups is 1. The first-order chi connectivity index (χ1) is 14.5. The lowest BCUT2D eigenvalue weighted by Gasteiger charge is -2.10. The Morgan fingerprint density at radius 1 is 1.03 bits per heavy atom. The van der Waals surface area contributed by atoms with Gasteiger partial charge in [0.2, 0.25) is 5.13 Å². The van der Waals surface area contributed by atoms with Crippen molar-refractivity contribution in [3.05, 3.63) is 83.2 Å². The molecule has 0 spiro atoms. The van der Waals surface area contributed by atoms with E-state index in [0.717, 1.165) is 32.7 Å². The van der Waals surface area contributed by atoms with Gasteiger partial charge < -0.3 is 9.88 Å². The second-order valence-electron chi connectivity index (χ2n) is 7.03. The van der Waals surface area contributed by atoms with Gasteiger partial charge in [0.25, 0.3) is 0 Å². The lowest BCUT2D eigenvalue weighted by Crippen LogP contribution is -2.05. The van der Waals surface area contributed by atoms with Gasteiger partial charge in [-0.3, -0.25) is 4.79 Å². The summed E-state index contributed by atoms with van der Waals surface area (Å²) < 4.78 is 2.90. The van der Waals surface area contributed by atoms with Crippen LogP contribution in [0.25, 0.3) is 5.69 Å². The van der Waals surface area contributed by atoms with Crippen molar-refractivity contribution in [3.8, 4) is 5.69 Å². The third kappa shape index (κ3) is 4.47. The number of ketones is 1. The van der Waals surface area contributed by atoms with Crippen molar-refractivity contribution in [2.45, 2.75) is 25.1 Å². The standard InChI is InChI=1S/C23H22N4OS2/c1-15-9-11-19(12-10-15)27-16(2)13-20(17(27)3)21(28)14-29-23-26-25-22(30-23)24-18-7-5-4-6-8-18/h4-13H,14H2,1-3H3,(H,24,25). The highest BCUT2D eigenvalue weighted by atomic mass is 32.2. The largest absolute Gasteiger partial charge is 0.330 e. The van der Waals surface area contributed by atoms with E-state index in [9.17, 15) is 4.79 Å². The maximum absolute atomic E-state index is 12.9. The van der Waals surface area contributed by atoms with E-state index in [4.69, 9.17) is 0 Å². The van der Waals surface area contributed by atoms with Crippen LogP contribution in [-0.4, -0.2) is 26.3 Å². The predicted octanol–water partition coefficient (Wildman–Crippen LogP) is 5.97. The van der Waals surface area contributed by atoms with E-state index in [2.05, 4.69) is 51.3 Å². The van der Waals surface area contributed by atoms with Crippen LogP contribution < -0.4 is 5.32 Å². The number of aryl methyl sites for hydroxylation is 2. The van der Waals surface area contributed by atoms with Crippen molar-refractivity contribution in [1.29, 1.82) is 0 Å². The highest BCUT2D eigenvalue weighted by Crippen LogP contribution is 2.29. The number of rotatable bonds is 7. The van der Waals surface area contributed by atoms with Crippen LogP contribution in [0.2, 0.25) is 0 Å². The first-order valence-electron chi connectivity index (χ1n) is 9.59. The van der Waals surface area contributed by atoms with Crippen molar-refractivity contribution >= 4 is 39.7 Å². The summed E-state index contributed by atoms with van der Waals surface area (Å²) in [6.45, 7) is 6.10. The van der Waals surface area contributed by atoms with E-state index in [-0.39, 0.29) is 5.78 Å². The molecule has 7 heteroatoms. The molecule has 2 aromatic carbocycles. The van der Waals surface area contributed by atoms with E-state index >= 15 is 0 Å². The van der Waals surface area contributed by atoms with Crippen molar-refractivity contribution in [2.75, 3.05) is 11.1 Å². The first kappa shape index (κ1) is 20.4. The topological polar surface area (TPSA) is 59.8 Å². The molecule has 0 unspecified atom stereocenters. The minimum atomic E-state index is 0.0965. The summed E-state index contributed by atoms with van der Waals surface area (Å²) in [6.07, 6.45) is 0. The Balaban J connectivity index is 1.44. The predicted molar refractivity (Wildman–Crippen MR) is 125 cm³/mol. The van der Waals surface area contributed by atoms with Crippen LogP contribution in [0.5, 0.6) is 0 Å². The molecule has 30 heavy (non-hydrogen) atoms. The quantitative estimate of drug-likeness (QED) is 0.287. The number of aromatic nitrogens is 3. The van der Waals surface area contributed by atoms with Crippen molar-refractivity contribution in [2.24, 2.45) is 0 Å². The summed E-state index contributed by atoms with van der Waals surface area (Å²) in [4.78, 5) is 12.9. The van der Waals surface area contributed by atoms with Crippen LogP contribution in [0.3, 0.4) is 0 Å². The summed E-state index contributed by atoms with van der Waals surface area (Å²) >= 11 is 2.87. The lowest BCUT2D eigenvalue weighted by molar-refractivity contribution is 0.102. The third-order valence-corrected chi connectivity index (χ3v) is 6.75. The van der Waals surface area contributed by atoms with E-state index in [0.29, 0.717) is 10.9 Å². The summed E-state index contributed by atoms with van der Waals surface area (Å²) in [5.41, 5.74) is 6.02. The number of carbonyl (C=O) groups is 1. The van der Waals surface area contributed by atoms with Gasteiger partial charge in [0.15, 0.2) is 10.1 Å². The Bertz CT molecular complexity index is 1160. The fourth-order valence-corrected chi connectivity index (χ4v) is 4.96. The second kappa shape index (κ2) is 8.85. The number of hydrogen-bond donors (Lipinski definition) is 1. The Morgan fingerprint density at radius 3 is 2.50 bits per heavy atom. The smallest absolute Gasteiger partial charge is 0.210 e. The van der Waals surface area contributed by atoms with Crippen LogP contribution in [0.15, 0.2) is 65.0 Å². The molecule has 0 atom stereocenters. The van der Waals surface area contributed by atoms with Crippen LogP contribution in [0.1, 0.15) is 27.3 Å². The normalized spacial score (nSPS) is 10.9. The Kier molecular flexibility index (Phi) is 6.01. The number of Topliss-reactive ketones (excluding diaryl/α,β-unsaturated/α-hetero) is 1. The van der Waals surface area contributed by atoms with Gasteiger partial charge in [-0.2, -0.15) is 0 Å². The number of benzene rings is 2. The highest BCUT2D eigenvalue weighted by molar-refractivity contribution is 8.01. The van der Waals surface area contributed by atoms with Gasteiger partial charge in [0.05, 0.1) is 5.75 Å². The fourth-order valence-electron chi connectivity index (χ4n) is 3.30. The van der Waals surface area contributed by atoms with Crippen LogP contribution in [0.4, 0.5) is 10.8 Å². The molecule has 0 saturated carbocycles. The van der Waals surface area contributed by atoms with Gasteiger partial charge in [-0.25, -0.2) is 0 Å². The summed E-state index contributed by atoms with van der Waals surface area (Å²) in [5, 5.41) is 12.3. The zero-order valence-electron chi connectivity index (χ0n) is 17.0. The fraction of sp³-hybridized carbons (Fsp3) is 0.174. The Morgan fingerprint density at radius 2 is 1.77 bits per heavy atom. The molecule has 0 bridgehead atoms. The molecule has 0 aliphatic rings. The maximum Gasteiger partial charge on any atom is 0.210 e.